The van der Waals surface area contributed by atoms with Crippen LogP contribution in [0.3, 0.4) is 0 Å². The summed E-state index contributed by atoms with van der Waals surface area (Å²) in [7, 11) is 0. The smallest absolute Gasteiger partial charge is 0.251 e. The standard InChI is InChI=1S/C21H18ClN5O/c22-17-7-5-15(6-8-17)19-11-20(26-25-19)27-10-9-18(13-27)24-21(28)16-3-1-14(12-23)2-4-16/h1-8,11,18H,9-10,13H2,(H,24,28)(H,25,26). The fraction of sp³-hybridized carbons (Fsp3) is 0.190. The molecule has 140 valence electrons. The first-order valence-corrected chi connectivity index (χ1v) is 9.37. The molecule has 1 amide bonds. The number of hydrogen-bond acceptors (Lipinski definition) is 4. The molecule has 0 bridgehead atoms. The first kappa shape index (κ1) is 18.1. The van der Waals surface area contributed by atoms with Crippen LogP contribution in [0.5, 0.6) is 0 Å². The molecule has 2 heterocycles. The van der Waals surface area contributed by atoms with Crippen LogP contribution in [0.2, 0.25) is 5.02 Å². The molecule has 1 aliphatic heterocycles. The van der Waals surface area contributed by atoms with E-state index in [1.807, 2.05) is 30.3 Å². The van der Waals surface area contributed by atoms with Gasteiger partial charge in [0.15, 0.2) is 5.82 Å². The number of H-pyrrole nitrogens is 1. The van der Waals surface area contributed by atoms with E-state index in [1.165, 1.54) is 0 Å². The molecule has 2 aromatic carbocycles. The zero-order valence-corrected chi connectivity index (χ0v) is 15.8. The van der Waals surface area contributed by atoms with Gasteiger partial charge in [-0.3, -0.25) is 9.89 Å². The van der Waals surface area contributed by atoms with Gasteiger partial charge in [-0.05, 0) is 48.4 Å². The van der Waals surface area contributed by atoms with Crippen molar-refractivity contribution in [2.45, 2.75) is 12.5 Å². The van der Waals surface area contributed by atoms with E-state index in [0.717, 1.165) is 30.0 Å². The first-order chi connectivity index (χ1) is 13.6. The summed E-state index contributed by atoms with van der Waals surface area (Å²) in [6.45, 7) is 1.52. The van der Waals surface area contributed by atoms with Gasteiger partial charge in [0.1, 0.15) is 0 Å². The van der Waals surface area contributed by atoms with Crippen LogP contribution in [0.15, 0.2) is 54.6 Å². The average molecular weight is 392 g/mol. The van der Waals surface area contributed by atoms with Gasteiger partial charge in [0.2, 0.25) is 0 Å². The minimum Gasteiger partial charge on any atom is -0.353 e. The Morgan fingerprint density at radius 1 is 1.21 bits per heavy atom. The largest absolute Gasteiger partial charge is 0.353 e. The quantitative estimate of drug-likeness (QED) is 0.711. The van der Waals surface area contributed by atoms with Crippen LogP contribution in [-0.4, -0.2) is 35.2 Å². The summed E-state index contributed by atoms with van der Waals surface area (Å²) in [5.41, 5.74) is 3.05. The Balaban J connectivity index is 1.38. The number of carbonyl (C=O) groups is 1. The van der Waals surface area contributed by atoms with Crippen LogP contribution >= 0.6 is 11.6 Å². The maximum Gasteiger partial charge on any atom is 0.251 e. The van der Waals surface area contributed by atoms with Crippen molar-refractivity contribution in [1.29, 1.82) is 5.26 Å². The first-order valence-electron chi connectivity index (χ1n) is 9.00. The second-order valence-corrected chi connectivity index (χ2v) is 7.18. The number of aromatic nitrogens is 2. The topological polar surface area (TPSA) is 84.8 Å². The number of anilines is 1. The van der Waals surface area contributed by atoms with Crippen LogP contribution < -0.4 is 10.2 Å². The van der Waals surface area contributed by atoms with Gasteiger partial charge in [0.05, 0.1) is 17.3 Å². The predicted octanol–water partition coefficient (Wildman–Crippen LogP) is 3.61. The summed E-state index contributed by atoms with van der Waals surface area (Å²) in [4.78, 5) is 14.6. The second-order valence-electron chi connectivity index (χ2n) is 6.74. The Hall–Kier alpha value is -3.30. The molecule has 1 unspecified atom stereocenters. The minimum atomic E-state index is -0.125. The zero-order chi connectivity index (χ0) is 19.5. The number of benzene rings is 2. The van der Waals surface area contributed by atoms with E-state index in [2.05, 4.69) is 26.5 Å². The van der Waals surface area contributed by atoms with E-state index in [9.17, 15) is 4.79 Å². The van der Waals surface area contributed by atoms with Crippen molar-refractivity contribution < 1.29 is 4.79 Å². The molecule has 28 heavy (non-hydrogen) atoms. The van der Waals surface area contributed by atoms with Gasteiger partial charge in [0.25, 0.3) is 5.91 Å². The Morgan fingerprint density at radius 3 is 2.68 bits per heavy atom. The number of rotatable bonds is 4. The molecule has 1 aromatic heterocycles. The third-order valence-corrected chi connectivity index (χ3v) is 5.10. The van der Waals surface area contributed by atoms with Gasteiger partial charge < -0.3 is 10.2 Å². The fourth-order valence-corrected chi connectivity index (χ4v) is 3.43. The third-order valence-electron chi connectivity index (χ3n) is 4.84. The van der Waals surface area contributed by atoms with Crippen molar-refractivity contribution in [2.75, 3.05) is 18.0 Å². The van der Waals surface area contributed by atoms with Crippen LogP contribution in [0, 0.1) is 11.3 Å². The summed E-state index contributed by atoms with van der Waals surface area (Å²) in [6.07, 6.45) is 0.852. The third kappa shape index (κ3) is 3.85. The van der Waals surface area contributed by atoms with Gasteiger partial charge in [-0.25, -0.2) is 0 Å². The van der Waals surface area contributed by atoms with Gasteiger partial charge in [-0.1, -0.05) is 23.7 Å². The molecule has 2 N–H and O–H groups in total. The molecule has 7 heteroatoms. The number of nitrogens with one attached hydrogen (secondary N) is 2. The van der Waals surface area contributed by atoms with Crippen LogP contribution in [0.4, 0.5) is 5.82 Å². The molecule has 0 spiro atoms. The minimum absolute atomic E-state index is 0.0545. The van der Waals surface area contributed by atoms with Crippen molar-refractivity contribution in [3.63, 3.8) is 0 Å². The fourth-order valence-electron chi connectivity index (χ4n) is 3.30. The van der Waals surface area contributed by atoms with Crippen LogP contribution in [0.25, 0.3) is 11.3 Å². The lowest BCUT2D eigenvalue weighted by Gasteiger charge is -2.16. The van der Waals surface area contributed by atoms with Crippen molar-refractivity contribution >= 4 is 23.3 Å². The molecular formula is C21H18ClN5O. The van der Waals surface area contributed by atoms with E-state index in [0.29, 0.717) is 22.7 Å². The summed E-state index contributed by atoms with van der Waals surface area (Å²) in [6, 6.07) is 18.4. The Bertz CT molecular complexity index is 1020. The molecule has 1 fully saturated rings. The lowest BCUT2D eigenvalue weighted by Crippen LogP contribution is -2.37. The number of nitrogens with zero attached hydrogens (tertiary/aromatic N) is 3. The van der Waals surface area contributed by atoms with E-state index in [-0.39, 0.29) is 11.9 Å². The summed E-state index contributed by atoms with van der Waals surface area (Å²) < 4.78 is 0. The van der Waals surface area contributed by atoms with Crippen LogP contribution in [-0.2, 0) is 0 Å². The normalized spacial score (nSPS) is 16.0. The molecule has 1 atom stereocenters. The Labute approximate surface area is 167 Å². The van der Waals surface area contributed by atoms with E-state index >= 15 is 0 Å². The molecule has 0 radical (unpaired) electrons. The van der Waals surface area contributed by atoms with Gasteiger partial charge in [-0.2, -0.15) is 10.4 Å². The molecule has 6 nitrogen and oxygen atoms in total. The molecule has 3 aromatic rings. The van der Waals surface area contributed by atoms with Crippen molar-refractivity contribution in [3.8, 4) is 17.3 Å². The highest BCUT2D eigenvalue weighted by Crippen LogP contribution is 2.25. The van der Waals surface area contributed by atoms with E-state index in [4.69, 9.17) is 16.9 Å². The summed E-state index contributed by atoms with van der Waals surface area (Å²) in [5, 5.41) is 20.1. The molecule has 1 aliphatic rings. The molecule has 0 aliphatic carbocycles. The van der Waals surface area contributed by atoms with E-state index < -0.39 is 0 Å². The average Bonchev–Trinajstić information content (AvgIpc) is 3.38. The van der Waals surface area contributed by atoms with Crippen molar-refractivity contribution in [3.05, 3.63) is 70.7 Å². The summed E-state index contributed by atoms with van der Waals surface area (Å²) in [5.74, 6) is 0.736. The SMILES string of the molecule is N#Cc1ccc(C(=O)NC2CCN(c3cc(-c4ccc(Cl)cc4)[nH]n3)C2)cc1. The number of aromatic amines is 1. The van der Waals surface area contributed by atoms with Crippen molar-refractivity contribution in [1.82, 2.24) is 15.5 Å². The maximum atomic E-state index is 12.4. The second kappa shape index (κ2) is 7.75. The van der Waals surface area contributed by atoms with Crippen molar-refractivity contribution in [2.24, 2.45) is 0 Å². The number of hydrogen-bond donors (Lipinski definition) is 2. The number of amides is 1. The predicted molar refractivity (Wildman–Crippen MR) is 108 cm³/mol. The number of halogens is 1. The lowest BCUT2D eigenvalue weighted by atomic mass is 10.1. The Kier molecular flexibility index (Phi) is 5.00. The van der Waals surface area contributed by atoms with Gasteiger partial charge in [0, 0.05) is 35.8 Å². The van der Waals surface area contributed by atoms with Gasteiger partial charge >= 0.3 is 0 Å². The monoisotopic (exact) mass is 391 g/mol. The lowest BCUT2D eigenvalue weighted by molar-refractivity contribution is 0.0940. The Morgan fingerprint density at radius 2 is 1.96 bits per heavy atom. The highest BCUT2D eigenvalue weighted by Gasteiger charge is 2.26. The van der Waals surface area contributed by atoms with Gasteiger partial charge in [-0.15, -0.1) is 0 Å². The maximum absolute atomic E-state index is 12.4. The highest BCUT2D eigenvalue weighted by molar-refractivity contribution is 6.30. The summed E-state index contributed by atoms with van der Waals surface area (Å²) >= 11 is 5.94. The highest BCUT2D eigenvalue weighted by atomic mass is 35.5. The molecule has 1 saturated heterocycles. The van der Waals surface area contributed by atoms with Crippen LogP contribution in [0.1, 0.15) is 22.3 Å². The van der Waals surface area contributed by atoms with E-state index in [1.54, 1.807) is 24.3 Å². The number of nitriles is 1. The zero-order valence-electron chi connectivity index (χ0n) is 15.0. The molecule has 0 saturated carbocycles. The molecule has 4 rings (SSSR count). The molecular weight excluding hydrogens is 374 g/mol. The number of carbonyl (C=O) groups excluding carboxylic acids is 1.